The SMILES string of the molecule is CC(CN)CCC(=O)Nc1ccc(Cl)c(C#N)c1. The summed E-state index contributed by atoms with van der Waals surface area (Å²) < 4.78 is 0. The maximum atomic E-state index is 11.6. The zero-order valence-corrected chi connectivity index (χ0v) is 11.0. The van der Waals surface area contributed by atoms with Crippen molar-refractivity contribution in [1.29, 1.82) is 5.26 Å². The summed E-state index contributed by atoms with van der Waals surface area (Å²) in [6, 6.07) is 6.80. The molecule has 4 nitrogen and oxygen atoms in total. The van der Waals surface area contributed by atoms with E-state index in [0.29, 0.717) is 35.2 Å². The highest BCUT2D eigenvalue weighted by Gasteiger charge is 2.07. The van der Waals surface area contributed by atoms with E-state index in [0.717, 1.165) is 6.42 Å². The van der Waals surface area contributed by atoms with Crippen molar-refractivity contribution in [3.05, 3.63) is 28.8 Å². The van der Waals surface area contributed by atoms with Gasteiger partial charge >= 0.3 is 0 Å². The predicted molar refractivity (Wildman–Crippen MR) is 72.2 cm³/mol. The van der Waals surface area contributed by atoms with Gasteiger partial charge in [-0.25, -0.2) is 0 Å². The van der Waals surface area contributed by atoms with Crippen LogP contribution in [0.4, 0.5) is 5.69 Å². The van der Waals surface area contributed by atoms with Crippen molar-refractivity contribution in [2.75, 3.05) is 11.9 Å². The minimum Gasteiger partial charge on any atom is -0.330 e. The summed E-state index contributed by atoms with van der Waals surface area (Å²) >= 11 is 5.81. The highest BCUT2D eigenvalue weighted by molar-refractivity contribution is 6.31. The first-order valence-electron chi connectivity index (χ1n) is 5.76. The van der Waals surface area contributed by atoms with Crippen LogP contribution in [0.15, 0.2) is 18.2 Å². The average Bonchev–Trinajstić information content (AvgIpc) is 2.38. The second-order valence-electron chi connectivity index (χ2n) is 4.23. The Hall–Kier alpha value is -1.57. The lowest BCUT2D eigenvalue weighted by Gasteiger charge is -2.09. The Morgan fingerprint density at radius 2 is 2.33 bits per heavy atom. The van der Waals surface area contributed by atoms with E-state index in [9.17, 15) is 4.79 Å². The molecule has 1 atom stereocenters. The molecule has 0 fully saturated rings. The molecule has 18 heavy (non-hydrogen) atoms. The van der Waals surface area contributed by atoms with Crippen LogP contribution in [0.25, 0.3) is 0 Å². The van der Waals surface area contributed by atoms with Gasteiger partial charge in [-0.1, -0.05) is 18.5 Å². The lowest BCUT2D eigenvalue weighted by Crippen LogP contribution is -2.16. The number of nitrogens with one attached hydrogen (secondary N) is 1. The fourth-order valence-corrected chi connectivity index (χ4v) is 1.57. The molecular formula is C13H16ClN3O. The van der Waals surface area contributed by atoms with Crippen molar-refractivity contribution < 1.29 is 4.79 Å². The normalized spacial score (nSPS) is 11.7. The molecule has 5 heteroatoms. The third-order valence-corrected chi connectivity index (χ3v) is 2.97. The van der Waals surface area contributed by atoms with E-state index >= 15 is 0 Å². The number of amides is 1. The largest absolute Gasteiger partial charge is 0.330 e. The average molecular weight is 266 g/mol. The highest BCUT2D eigenvalue weighted by Crippen LogP contribution is 2.20. The van der Waals surface area contributed by atoms with Crippen molar-refractivity contribution in [3.63, 3.8) is 0 Å². The van der Waals surface area contributed by atoms with Gasteiger partial charge in [-0.05, 0) is 37.1 Å². The summed E-state index contributed by atoms with van der Waals surface area (Å²) in [6.07, 6.45) is 1.17. The summed E-state index contributed by atoms with van der Waals surface area (Å²) in [6.45, 7) is 2.58. The predicted octanol–water partition coefficient (Wildman–Crippen LogP) is 2.53. The summed E-state index contributed by atoms with van der Waals surface area (Å²) in [7, 11) is 0. The number of hydrogen-bond donors (Lipinski definition) is 2. The number of nitrogens with zero attached hydrogens (tertiary/aromatic N) is 1. The highest BCUT2D eigenvalue weighted by atomic mass is 35.5. The molecule has 3 N–H and O–H groups in total. The lowest BCUT2D eigenvalue weighted by molar-refractivity contribution is -0.116. The van der Waals surface area contributed by atoms with Gasteiger partial charge in [0, 0.05) is 12.1 Å². The van der Waals surface area contributed by atoms with Crippen molar-refractivity contribution in [3.8, 4) is 6.07 Å². The van der Waals surface area contributed by atoms with E-state index in [2.05, 4.69) is 5.32 Å². The fourth-order valence-electron chi connectivity index (χ4n) is 1.41. The molecule has 1 rings (SSSR count). The zero-order chi connectivity index (χ0) is 13.5. The molecule has 0 aliphatic rings. The van der Waals surface area contributed by atoms with E-state index < -0.39 is 0 Å². The number of benzene rings is 1. The fraction of sp³-hybridized carbons (Fsp3) is 0.385. The number of halogens is 1. The first-order chi connectivity index (χ1) is 8.56. The number of carbonyl (C=O) groups is 1. The van der Waals surface area contributed by atoms with Gasteiger partial charge in [0.25, 0.3) is 0 Å². The first-order valence-corrected chi connectivity index (χ1v) is 6.14. The molecule has 1 aromatic rings. The molecule has 0 spiro atoms. The lowest BCUT2D eigenvalue weighted by atomic mass is 10.1. The van der Waals surface area contributed by atoms with Gasteiger partial charge in [-0.2, -0.15) is 5.26 Å². The number of carbonyl (C=O) groups excluding carboxylic acids is 1. The minimum atomic E-state index is -0.0819. The molecule has 0 aliphatic heterocycles. The maximum Gasteiger partial charge on any atom is 0.224 e. The van der Waals surface area contributed by atoms with Gasteiger partial charge in [-0.3, -0.25) is 4.79 Å². The van der Waals surface area contributed by atoms with E-state index in [1.54, 1.807) is 18.2 Å². The molecule has 0 radical (unpaired) electrons. The van der Waals surface area contributed by atoms with Crippen molar-refractivity contribution in [2.24, 2.45) is 11.7 Å². The van der Waals surface area contributed by atoms with Crippen LogP contribution >= 0.6 is 11.6 Å². The molecule has 0 aromatic heterocycles. The van der Waals surface area contributed by atoms with Gasteiger partial charge in [0.2, 0.25) is 5.91 Å². The summed E-state index contributed by atoms with van der Waals surface area (Å²) in [5.41, 5.74) is 6.42. The molecular weight excluding hydrogens is 250 g/mol. The summed E-state index contributed by atoms with van der Waals surface area (Å²) in [5, 5.41) is 11.9. The third kappa shape index (κ3) is 4.36. The third-order valence-electron chi connectivity index (χ3n) is 2.64. The first kappa shape index (κ1) is 14.5. The molecule has 0 saturated carbocycles. The van der Waals surface area contributed by atoms with Crippen LogP contribution in [-0.4, -0.2) is 12.5 Å². The number of rotatable bonds is 5. The quantitative estimate of drug-likeness (QED) is 0.859. The van der Waals surface area contributed by atoms with Crippen LogP contribution in [0, 0.1) is 17.2 Å². The monoisotopic (exact) mass is 265 g/mol. The van der Waals surface area contributed by atoms with Gasteiger partial charge in [-0.15, -0.1) is 0 Å². The van der Waals surface area contributed by atoms with Crippen LogP contribution in [0.1, 0.15) is 25.3 Å². The van der Waals surface area contributed by atoms with E-state index in [1.807, 2.05) is 13.0 Å². The van der Waals surface area contributed by atoms with Crippen LogP contribution in [-0.2, 0) is 4.79 Å². The van der Waals surface area contributed by atoms with Gasteiger partial charge < -0.3 is 11.1 Å². The van der Waals surface area contributed by atoms with Gasteiger partial charge in [0.05, 0.1) is 10.6 Å². The van der Waals surface area contributed by atoms with Crippen molar-refractivity contribution in [1.82, 2.24) is 0 Å². The van der Waals surface area contributed by atoms with Crippen LogP contribution < -0.4 is 11.1 Å². The number of anilines is 1. The van der Waals surface area contributed by atoms with Crippen molar-refractivity contribution in [2.45, 2.75) is 19.8 Å². The molecule has 0 aliphatic carbocycles. The Morgan fingerprint density at radius 3 is 2.94 bits per heavy atom. The second kappa shape index (κ2) is 7.00. The maximum absolute atomic E-state index is 11.6. The van der Waals surface area contributed by atoms with E-state index in [1.165, 1.54) is 0 Å². The van der Waals surface area contributed by atoms with Crippen LogP contribution in [0.3, 0.4) is 0 Å². The minimum absolute atomic E-state index is 0.0819. The Labute approximate surface area is 112 Å². The summed E-state index contributed by atoms with van der Waals surface area (Å²) in [5.74, 6) is 0.247. The molecule has 0 saturated heterocycles. The number of hydrogen-bond acceptors (Lipinski definition) is 3. The van der Waals surface area contributed by atoms with Crippen LogP contribution in [0.5, 0.6) is 0 Å². The molecule has 1 unspecified atom stereocenters. The molecule has 0 heterocycles. The second-order valence-corrected chi connectivity index (χ2v) is 4.64. The topological polar surface area (TPSA) is 78.9 Å². The zero-order valence-electron chi connectivity index (χ0n) is 10.2. The Balaban J connectivity index is 2.57. The van der Waals surface area contributed by atoms with Gasteiger partial charge in [0.1, 0.15) is 6.07 Å². The van der Waals surface area contributed by atoms with E-state index in [4.69, 9.17) is 22.6 Å². The smallest absolute Gasteiger partial charge is 0.224 e. The van der Waals surface area contributed by atoms with Gasteiger partial charge in [0.15, 0.2) is 0 Å². The number of nitrogens with two attached hydrogens (primary N) is 1. The Kier molecular flexibility index (Phi) is 5.63. The van der Waals surface area contributed by atoms with Crippen molar-refractivity contribution >= 4 is 23.2 Å². The van der Waals surface area contributed by atoms with E-state index in [-0.39, 0.29) is 5.91 Å². The molecule has 1 aromatic carbocycles. The number of nitriles is 1. The Morgan fingerprint density at radius 1 is 1.61 bits per heavy atom. The standard InChI is InChI=1S/C13H16ClN3O/c1-9(7-15)2-5-13(18)17-11-3-4-12(14)10(6-11)8-16/h3-4,6,9H,2,5,7,15H2,1H3,(H,17,18). The molecule has 0 bridgehead atoms. The van der Waals surface area contributed by atoms with Crippen LogP contribution in [0.2, 0.25) is 5.02 Å². The summed E-state index contributed by atoms with van der Waals surface area (Å²) in [4.78, 5) is 11.6. The molecule has 1 amide bonds. The Bertz CT molecular complexity index is 468. The molecule has 96 valence electrons.